The first kappa shape index (κ1) is 9.05. The van der Waals surface area contributed by atoms with E-state index >= 15 is 0 Å². The van der Waals surface area contributed by atoms with Gasteiger partial charge in [0.25, 0.3) is 0 Å². The van der Waals surface area contributed by atoms with Crippen molar-refractivity contribution in [2.24, 2.45) is 5.92 Å². The van der Waals surface area contributed by atoms with Crippen LogP contribution in [0, 0.1) is 5.92 Å². The maximum atomic E-state index is 3.84. The third-order valence-electron chi connectivity index (χ3n) is 2.10. The van der Waals surface area contributed by atoms with E-state index in [4.69, 9.17) is 0 Å². The highest BCUT2D eigenvalue weighted by molar-refractivity contribution is 5.38. The van der Waals surface area contributed by atoms with Gasteiger partial charge in [-0.2, -0.15) is 0 Å². The van der Waals surface area contributed by atoms with Crippen LogP contribution < -0.4 is 0 Å². The molecule has 1 rings (SSSR count). The van der Waals surface area contributed by atoms with Crippen LogP contribution in [-0.2, 0) is 0 Å². The lowest BCUT2D eigenvalue weighted by Crippen LogP contribution is -1.96. The SMILES string of the molecule is C=C/C(=C1/C=CC=CC1)C(C)C. The molecule has 0 saturated heterocycles. The fourth-order valence-corrected chi connectivity index (χ4v) is 1.46. The Bertz CT molecular complexity index is 249. The first-order valence-corrected chi connectivity index (χ1v) is 4.44. The number of allylic oxidation sites excluding steroid dienone is 7. The molecule has 0 atom stereocenters. The third kappa shape index (κ3) is 1.97. The largest absolute Gasteiger partial charge is 0.0988 e. The minimum atomic E-state index is 0.577. The fourth-order valence-electron chi connectivity index (χ4n) is 1.46. The van der Waals surface area contributed by atoms with E-state index in [9.17, 15) is 0 Å². The van der Waals surface area contributed by atoms with Crippen LogP contribution in [0.4, 0.5) is 0 Å². The molecule has 0 aromatic heterocycles. The zero-order valence-electron chi connectivity index (χ0n) is 7.88. The van der Waals surface area contributed by atoms with Crippen molar-refractivity contribution in [1.29, 1.82) is 0 Å². The predicted molar refractivity (Wildman–Crippen MR) is 55.0 cm³/mol. The Morgan fingerprint density at radius 3 is 2.67 bits per heavy atom. The lowest BCUT2D eigenvalue weighted by molar-refractivity contribution is 0.780. The highest BCUT2D eigenvalue weighted by atomic mass is 14.1. The number of hydrogen-bond donors (Lipinski definition) is 0. The molecule has 64 valence electrons. The second-order valence-electron chi connectivity index (χ2n) is 3.33. The zero-order valence-corrected chi connectivity index (χ0v) is 7.88. The summed E-state index contributed by atoms with van der Waals surface area (Å²) in [5.74, 6) is 0.577. The van der Waals surface area contributed by atoms with Crippen LogP contribution >= 0.6 is 0 Å². The second-order valence-corrected chi connectivity index (χ2v) is 3.33. The molecule has 0 heteroatoms. The Morgan fingerprint density at radius 1 is 1.50 bits per heavy atom. The van der Waals surface area contributed by atoms with Crippen molar-refractivity contribution in [2.75, 3.05) is 0 Å². The average Bonchev–Trinajstić information content (AvgIpc) is 2.07. The third-order valence-corrected chi connectivity index (χ3v) is 2.10. The lowest BCUT2D eigenvalue weighted by Gasteiger charge is -2.12. The van der Waals surface area contributed by atoms with Crippen molar-refractivity contribution < 1.29 is 0 Å². The minimum absolute atomic E-state index is 0.577. The van der Waals surface area contributed by atoms with Crippen LogP contribution in [0.15, 0.2) is 48.1 Å². The zero-order chi connectivity index (χ0) is 8.97. The summed E-state index contributed by atoms with van der Waals surface area (Å²) in [6.07, 6.45) is 11.6. The summed E-state index contributed by atoms with van der Waals surface area (Å²) in [7, 11) is 0. The van der Waals surface area contributed by atoms with Gasteiger partial charge in [0.05, 0.1) is 0 Å². The molecule has 12 heavy (non-hydrogen) atoms. The van der Waals surface area contributed by atoms with Crippen LogP contribution in [-0.4, -0.2) is 0 Å². The highest BCUT2D eigenvalue weighted by Crippen LogP contribution is 2.21. The molecule has 0 radical (unpaired) electrons. The van der Waals surface area contributed by atoms with Crippen LogP contribution in [0.2, 0.25) is 0 Å². The van der Waals surface area contributed by atoms with Crippen molar-refractivity contribution in [3.05, 3.63) is 48.1 Å². The Balaban J connectivity index is 2.93. The van der Waals surface area contributed by atoms with Gasteiger partial charge in [-0.05, 0) is 23.5 Å². The molecule has 0 amide bonds. The molecule has 0 heterocycles. The first-order valence-electron chi connectivity index (χ1n) is 4.44. The van der Waals surface area contributed by atoms with Gasteiger partial charge in [0.2, 0.25) is 0 Å². The van der Waals surface area contributed by atoms with Crippen molar-refractivity contribution in [1.82, 2.24) is 0 Å². The van der Waals surface area contributed by atoms with E-state index < -0.39 is 0 Å². The van der Waals surface area contributed by atoms with Crippen LogP contribution in [0.5, 0.6) is 0 Å². The quantitative estimate of drug-likeness (QED) is 0.578. The van der Waals surface area contributed by atoms with Crippen LogP contribution in [0.3, 0.4) is 0 Å². The first-order chi connectivity index (χ1) is 5.75. The van der Waals surface area contributed by atoms with E-state index in [1.54, 1.807) is 0 Å². The van der Waals surface area contributed by atoms with Gasteiger partial charge in [-0.3, -0.25) is 0 Å². The molecular formula is C12H16. The van der Waals surface area contributed by atoms with E-state index in [0.717, 1.165) is 6.42 Å². The van der Waals surface area contributed by atoms with Crippen molar-refractivity contribution in [3.63, 3.8) is 0 Å². The smallest absolute Gasteiger partial charge is 0.00915 e. The van der Waals surface area contributed by atoms with E-state index in [0.29, 0.717) is 5.92 Å². The number of rotatable bonds is 2. The lowest BCUT2D eigenvalue weighted by atomic mass is 9.93. The molecule has 0 aliphatic heterocycles. The second kappa shape index (κ2) is 4.10. The van der Waals surface area contributed by atoms with Gasteiger partial charge >= 0.3 is 0 Å². The summed E-state index contributed by atoms with van der Waals surface area (Å²) in [6.45, 7) is 8.25. The van der Waals surface area contributed by atoms with E-state index in [-0.39, 0.29) is 0 Å². The van der Waals surface area contributed by atoms with Crippen molar-refractivity contribution >= 4 is 0 Å². The fraction of sp³-hybridized carbons (Fsp3) is 0.333. The van der Waals surface area contributed by atoms with Gasteiger partial charge in [0.15, 0.2) is 0 Å². The van der Waals surface area contributed by atoms with Gasteiger partial charge in [-0.1, -0.05) is 50.8 Å². The normalized spacial score (nSPS) is 19.9. The molecule has 0 bridgehead atoms. The maximum Gasteiger partial charge on any atom is -0.00915 e. The van der Waals surface area contributed by atoms with Gasteiger partial charge in [0.1, 0.15) is 0 Å². The molecule has 0 unspecified atom stereocenters. The van der Waals surface area contributed by atoms with Gasteiger partial charge in [-0.25, -0.2) is 0 Å². The topological polar surface area (TPSA) is 0 Å². The molecule has 0 spiro atoms. The summed E-state index contributed by atoms with van der Waals surface area (Å²) in [6, 6.07) is 0. The van der Waals surface area contributed by atoms with Crippen LogP contribution in [0.25, 0.3) is 0 Å². The van der Waals surface area contributed by atoms with E-state index in [2.05, 4.69) is 44.7 Å². The highest BCUT2D eigenvalue weighted by Gasteiger charge is 2.04. The predicted octanol–water partition coefficient (Wildman–Crippen LogP) is 3.64. The number of hydrogen-bond acceptors (Lipinski definition) is 0. The molecule has 0 N–H and O–H groups in total. The van der Waals surface area contributed by atoms with E-state index in [1.165, 1.54) is 11.1 Å². The Morgan fingerprint density at radius 2 is 2.25 bits per heavy atom. The average molecular weight is 160 g/mol. The molecule has 1 aliphatic carbocycles. The standard InChI is InChI=1S/C12H16/c1-4-12(10(2)3)11-8-6-5-7-9-11/h4-8,10H,1,9H2,2-3H3/b12-11+. The van der Waals surface area contributed by atoms with Gasteiger partial charge in [-0.15, -0.1) is 0 Å². The summed E-state index contributed by atoms with van der Waals surface area (Å²) >= 11 is 0. The molecular weight excluding hydrogens is 144 g/mol. The summed E-state index contributed by atoms with van der Waals surface area (Å²) in [5, 5.41) is 0. The monoisotopic (exact) mass is 160 g/mol. The molecule has 0 aromatic rings. The van der Waals surface area contributed by atoms with Crippen LogP contribution in [0.1, 0.15) is 20.3 Å². The summed E-state index contributed by atoms with van der Waals surface area (Å²) in [4.78, 5) is 0. The Kier molecular flexibility index (Phi) is 3.09. The Labute approximate surface area is 75.0 Å². The maximum absolute atomic E-state index is 3.84. The van der Waals surface area contributed by atoms with Crippen molar-refractivity contribution in [2.45, 2.75) is 20.3 Å². The Hall–Kier alpha value is -1.04. The van der Waals surface area contributed by atoms with Crippen molar-refractivity contribution in [3.8, 4) is 0 Å². The van der Waals surface area contributed by atoms with E-state index in [1.807, 2.05) is 6.08 Å². The molecule has 0 aromatic carbocycles. The molecule has 0 saturated carbocycles. The van der Waals surface area contributed by atoms with Gasteiger partial charge < -0.3 is 0 Å². The molecule has 1 aliphatic rings. The summed E-state index contributed by atoms with van der Waals surface area (Å²) in [5.41, 5.74) is 2.78. The molecule has 0 fully saturated rings. The molecule has 0 nitrogen and oxygen atoms in total. The minimum Gasteiger partial charge on any atom is -0.0988 e. The van der Waals surface area contributed by atoms with Gasteiger partial charge in [0, 0.05) is 0 Å². The summed E-state index contributed by atoms with van der Waals surface area (Å²) < 4.78 is 0.